The zero-order chi connectivity index (χ0) is 12.4. The molecule has 0 unspecified atom stereocenters. The maximum absolute atomic E-state index is 12.3. The van der Waals surface area contributed by atoms with Crippen molar-refractivity contribution < 1.29 is 4.79 Å². The van der Waals surface area contributed by atoms with Gasteiger partial charge in [-0.3, -0.25) is 4.79 Å². The van der Waals surface area contributed by atoms with Gasteiger partial charge in [-0.2, -0.15) is 0 Å². The second-order valence-corrected chi connectivity index (χ2v) is 4.67. The molecule has 0 aliphatic rings. The zero-order valence-corrected chi connectivity index (χ0v) is 10.7. The minimum atomic E-state index is -0.0625. The zero-order valence-electron chi connectivity index (χ0n) is 9.21. The summed E-state index contributed by atoms with van der Waals surface area (Å²) in [7, 11) is 0. The Labute approximate surface area is 110 Å². The Balaban J connectivity index is 2.47. The fraction of sp³-hybridized carbons (Fsp3) is 0.0714. The molecule has 17 heavy (non-hydrogen) atoms. The van der Waals surface area contributed by atoms with Gasteiger partial charge in [-0.1, -0.05) is 41.4 Å². The molecule has 0 amide bonds. The molecule has 0 heterocycles. The molecule has 2 rings (SSSR count). The molecule has 0 N–H and O–H groups in total. The van der Waals surface area contributed by atoms with E-state index in [9.17, 15) is 4.79 Å². The second kappa shape index (κ2) is 4.91. The number of halogens is 2. The Hall–Kier alpha value is -1.31. The van der Waals surface area contributed by atoms with Gasteiger partial charge in [0.1, 0.15) is 0 Å². The van der Waals surface area contributed by atoms with Crippen LogP contribution in [0.1, 0.15) is 21.5 Å². The van der Waals surface area contributed by atoms with Gasteiger partial charge in [0.2, 0.25) is 0 Å². The number of hydrogen-bond donors (Lipinski definition) is 0. The van der Waals surface area contributed by atoms with E-state index in [1.807, 2.05) is 13.0 Å². The van der Waals surface area contributed by atoms with Gasteiger partial charge in [-0.25, -0.2) is 0 Å². The number of carbonyl (C=O) groups is 1. The number of benzene rings is 2. The highest BCUT2D eigenvalue weighted by atomic mass is 35.5. The molecule has 2 aromatic rings. The van der Waals surface area contributed by atoms with E-state index in [2.05, 4.69) is 0 Å². The minimum absolute atomic E-state index is 0.0625. The van der Waals surface area contributed by atoms with Gasteiger partial charge in [0, 0.05) is 21.2 Å². The van der Waals surface area contributed by atoms with E-state index in [-0.39, 0.29) is 5.78 Å². The van der Waals surface area contributed by atoms with Crippen LogP contribution in [0.3, 0.4) is 0 Å². The monoisotopic (exact) mass is 264 g/mol. The Morgan fingerprint density at radius 3 is 2.41 bits per heavy atom. The SMILES string of the molecule is Cc1ccc(Cl)cc1C(=O)c1cccc(Cl)c1. The molecule has 0 aliphatic carbocycles. The lowest BCUT2D eigenvalue weighted by Crippen LogP contribution is -2.03. The second-order valence-electron chi connectivity index (χ2n) is 3.80. The number of carbonyl (C=O) groups excluding carboxylic acids is 1. The highest BCUT2D eigenvalue weighted by molar-refractivity contribution is 6.32. The Bertz CT molecular complexity index is 576. The van der Waals surface area contributed by atoms with Crippen LogP contribution in [0.25, 0.3) is 0 Å². The van der Waals surface area contributed by atoms with Gasteiger partial charge in [0.05, 0.1) is 0 Å². The average molecular weight is 265 g/mol. The van der Waals surface area contributed by atoms with E-state index in [1.165, 1.54) is 0 Å². The van der Waals surface area contributed by atoms with Gasteiger partial charge in [0.25, 0.3) is 0 Å². The molecule has 0 spiro atoms. The maximum atomic E-state index is 12.3. The van der Waals surface area contributed by atoms with Crippen LogP contribution in [-0.4, -0.2) is 5.78 Å². The van der Waals surface area contributed by atoms with Crippen LogP contribution in [0, 0.1) is 6.92 Å². The first kappa shape index (κ1) is 12.2. The van der Waals surface area contributed by atoms with E-state index < -0.39 is 0 Å². The number of rotatable bonds is 2. The van der Waals surface area contributed by atoms with Gasteiger partial charge >= 0.3 is 0 Å². The van der Waals surface area contributed by atoms with E-state index in [1.54, 1.807) is 36.4 Å². The average Bonchev–Trinajstić information content (AvgIpc) is 2.31. The van der Waals surface area contributed by atoms with Gasteiger partial charge in [0.15, 0.2) is 5.78 Å². The van der Waals surface area contributed by atoms with Crippen LogP contribution in [0.2, 0.25) is 10.0 Å². The molecular weight excluding hydrogens is 255 g/mol. The highest BCUT2D eigenvalue weighted by Gasteiger charge is 2.12. The van der Waals surface area contributed by atoms with Crippen molar-refractivity contribution in [2.75, 3.05) is 0 Å². The molecule has 3 heteroatoms. The summed E-state index contributed by atoms with van der Waals surface area (Å²) in [5, 5.41) is 1.11. The predicted molar refractivity (Wildman–Crippen MR) is 71.1 cm³/mol. The van der Waals surface area contributed by atoms with Gasteiger partial charge in [-0.05, 0) is 36.8 Å². The van der Waals surface area contributed by atoms with Crippen molar-refractivity contribution in [3.05, 3.63) is 69.2 Å². The molecule has 0 saturated carbocycles. The molecule has 0 saturated heterocycles. The van der Waals surface area contributed by atoms with E-state index >= 15 is 0 Å². The third kappa shape index (κ3) is 2.68. The van der Waals surface area contributed by atoms with Crippen molar-refractivity contribution in [1.29, 1.82) is 0 Å². The topological polar surface area (TPSA) is 17.1 Å². The standard InChI is InChI=1S/C14H10Cl2O/c1-9-5-6-12(16)8-13(9)14(17)10-3-2-4-11(15)7-10/h2-8H,1H3. The van der Waals surface area contributed by atoms with Crippen molar-refractivity contribution in [2.45, 2.75) is 6.92 Å². The molecule has 0 atom stereocenters. The van der Waals surface area contributed by atoms with Crippen molar-refractivity contribution in [1.82, 2.24) is 0 Å². The summed E-state index contributed by atoms with van der Waals surface area (Å²) < 4.78 is 0. The smallest absolute Gasteiger partial charge is 0.193 e. The van der Waals surface area contributed by atoms with Gasteiger partial charge in [-0.15, -0.1) is 0 Å². The van der Waals surface area contributed by atoms with Crippen LogP contribution in [0.4, 0.5) is 0 Å². The minimum Gasteiger partial charge on any atom is -0.289 e. The van der Waals surface area contributed by atoms with Crippen molar-refractivity contribution in [2.24, 2.45) is 0 Å². The van der Waals surface area contributed by atoms with Crippen molar-refractivity contribution in [3.63, 3.8) is 0 Å². The van der Waals surface area contributed by atoms with E-state index in [0.717, 1.165) is 5.56 Å². The summed E-state index contributed by atoms with van der Waals surface area (Å²) >= 11 is 11.8. The third-order valence-corrected chi connectivity index (χ3v) is 3.00. The quantitative estimate of drug-likeness (QED) is 0.729. The normalized spacial score (nSPS) is 10.3. The Morgan fingerprint density at radius 2 is 1.71 bits per heavy atom. The molecule has 0 bridgehead atoms. The summed E-state index contributed by atoms with van der Waals surface area (Å²) in [6.45, 7) is 1.88. The lowest BCUT2D eigenvalue weighted by atomic mass is 9.99. The van der Waals surface area contributed by atoms with Crippen LogP contribution >= 0.6 is 23.2 Å². The lowest BCUT2D eigenvalue weighted by molar-refractivity contribution is 0.103. The number of hydrogen-bond acceptors (Lipinski definition) is 1. The molecule has 0 radical (unpaired) electrons. The van der Waals surface area contributed by atoms with Gasteiger partial charge < -0.3 is 0 Å². The van der Waals surface area contributed by atoms with E-state index in [0.29, 0.717) is 21.2 Å². The fourth-order valence-electron chi connectivity index (χ4n) is 1.62. The first-order valence-corrected chi connectivity index (χ1v) is 5.90. The summed E-state index contributed by atoms with van der Waals surface area (Å²) in [6.07, 6.45) is 0. The van der Waals surface area contributed by atoms with Crippen molar-refractivity contribution in [3.8, 4) is 0 Å². The maximum Gasteiger partial charge on any atom is 0.193 e. The summed E-state index contributed by atoms with van der Waals surface area (Å²) in [6, 6.07) is 12.2. The molecule has 2 aromatic carbocycles. The fourth-order valence-corrected chi connectivity index (χ4v) is 1.99. The van der Waals surface area contributed by atoms with Crippen LogP contribution in [0.5, 0.6) is 0 Å². The largest absolute Gasteiger partial charge is 0.289 e. The lowest BCUT2D eigenvalue weighted by Gasteiger charge is -2.05. The molecule has 86 valence electrons. The van der Waals surface area contributed by atoms with Crippen LogP contribution in [0.15, 0.2) is 42.5 Å². The summed E-state index contributed by atoms with van der Waals surface area (Å²) in [5.74, 6) is -0.0625. The molecule has 0 aliphatic heterocycles. The third-order valence-electron chi connectivity index (χ3n) is 2.53. The number of ketones is 1. The molecule has 1 nitrogen and oxygen atoms in total. The highest BCUT2D eigenvalue weighted by Crippen LogP contribution is 2.20. The van der Waals surface area contributed by atoms with E-state index in [4.69, 9.17) is 23.2 Å². The number of aryl methyl sites for hydroxylation is 1. The van der Waals surface area contributed by atoms with Crippen LogP contribution < -0.4 is 0 Å². The summed E-state index contributed by atoms with van der Waals surface area (Å²) in [5.41, 5.74) is 2.09. The summed E-state index contributed by atoms with van der Waals surface area (Å²) in [4.78, 5) is 12.3. The predicted octanol–water partition coefficient (Wildman–Crippen LogP) is 4.53. The molecule has 0 fully saturated rings. The first-order chi connectivity index (χ1) is 8.08. The first-order valence-electron chi connectivity index (χ1n) is 5.14. The Morgan fingerprint density at radius 1 is 1.00 bits per heavy atom. The molecular formula is C14H10Cl2O. The molecule has 0 aromatic heterocycles. The van der Waals surface area contributed by atoms with Crippen LogP contribution in [-0.2, 0) is 0 Å². The van der Waals surface area contributed by atoms with Crippen molar-refractivity contribution >= 4 is 29.0 Å². The Kier molecular flexibility index (Phi) is 3.51.